The number of nitrogens with zero attached hydrogens (tertiary/aromatic N) is 2. The van der Waals surface area contributed by atoms with Crippen LogP contribution in [0.4, 0.5) is 0 Å². The molecular formula is C24H23N3O. The fourth-order valence-electron chi connectivity index (χ4n) is 3.39. The van der Waals surface area contributed by atoms with E-state index in [1.165, 1.54) is 16.7 Å². The minimum atomic E-state index is -0.0582. The van der Waals surface area contributed by atoms with Crippen molar-refractivity contribution in [1.29, 1.82) is 0 Å². The Morgan fingerprint density at radius 3 is 2.32 bits per heavy atom. The van der Waals surface area contributed by atoms with Gasteiger partial charge in [0.25, 0.3) is 5.56 Å². The highest BCUT2D eigenvalue weighted by molar-refractivity contribution is 5.40. The fourth-order valence-corrected chi connectivity index (χ4v) is 3.39. The van der Waals surface area contributed by atoms with E-state index in [9.17, 15) is 4.79 Å². The van der Waals surface area contributed by atoms with E-state index in [0.717, 1.165) is 11.3 Å². The van der Waals surface area contributed by atoms with Gasteiger partial charge in [0.05, 0.1) is 11.7 Å². The summed E-state index contributed by atoms with van der Waals surface area (Å²) in [5, 5.41) is 3.58. The van der Waals surface area contributed by atoms with Crippen LogP contribution >= 0.6 is 0 Å². The Hall–Kier alpha value is -3.24. The lowest BCUT2D eigenvalue weighted by atomic mass is 9.98. The van der Waals surface area contributed by atoms with Crippen LogP contribution in [0.1, 0.15) is 34.0 Å². The Morgan fingerprint density at radius 1 is 0.893 bits per heavy atom. The van der Waals surface area contributed by atoms with Crippen LogP contribution in [0.5, 0.6) is 0 Å². The summed E-state index contributed by atoms with van der Waals surface area (Å²) in [6.45, 7) is 4.56. The predicted molar refractivity (Wildman–Crippen MR) is 113 cm³/mol. The van der Waals surface area contributed by atoms with Crippen molar-refractivity contribution in [3.63, 3.8) is 0 Å². The molecule has 2 aromatic heterocycles. The average molecular weight is 369 g/mol. The molecule has 28 heavy (non-hydrogen) atoms. The second-order valence-electron chi connectivity index (χ2n) is 7.16. The smallest absolute Gasteiger partial charge is 0.258 e. The van der Waals surface area contributed by atoms with Crippen LogP contribution in [0.3, 0.4) is 0 Å². The highest BCUT2D eigenvalue weighted by atomic mass is 16.1. The number of fused-ring (bicyclic) bond motifs is 1. The van der Waals surface area contributed by atoms with Crippen molar-refractivity contribution in [2.45, 2.75) is 26.4 Å². The molecule has 0 spiro atoms. The third kappa shape index (κ3) is 3.87. The summed E-state index contributed by atoms with van der Waals surface area (Å²) >= 11 is 0. The second kappa shape index (κ2) is 7.79. The first-order valence-electron chi connectivity index (χ1n) is 9.44. The number of benzene rings is 2. The third-order valence-electron chi connectivity index (χ3n) is 4.89. The van der Waals surface area contributed by atoms with Gasteiger partial charge in [0.1, 0.15) is 5.65 Å². The molecular weight excluding hydrogens is 346 g/mol. The molecule has 0 fully saturated rings. The van der Waals surface area contributed by atoms with E-state index in [2.05, 4.69) is 53.6 Å². The summed E-state index contributed by atoms with van der Waals surface area (Å²) in [6.07, 6.45) is 1.82. The maximum absolute atomic E-state index is 12.5. The SMILES string of the molecule is Cc1ccc([C@H](NCc2cc(=O)n3cc(C)ccc3n2)c2ccccc2)cc1. The van der Waals surface area contributed by atoms with Gasteiger partial charge in [0, 0.05) is 18.8 Å². The van der Waals surface area contributed by atoms with E-state index in [0.29, 0.717) is 12.2 Å². The van der Waals surface area contributed by atoms with Gasteiger partial charge < -0.3 is 5.32 Å². The molecule has 4 rings (SSSR count). The van der Waals surface area contributed by atoms with Crippen LogP contribution in [0.25, 0.3) is 5.65 Å². The van der Waals surface area contributed by atoms with Crippen molar-refractivity contribution in [2.24, 2.45) is 0 Å². The van der Waals surface area contributed by atoms with Gasteiger partial charge in [-0.3, -0.25) is 9.20 Å². The number of hydrogen-bond acceptors (Lipinski definition) is 3. The van der Waals surface area contributed by atoms with E-state index >= 15 is 0 Å². The predicted octanol–water partition coefficient (Wildman–Crippen LogP) is 4.19. The molecule has 4 heteroatoms. The van der Waals surface area contributed by atoms with Crippen molar-refractivity contribution < 1.29 is 0 Å². The van der Waals surface area contributed by atoms with E-state index in [4.69, 9.17) is 0 Å². The van der Waals surface area contributed by atoms with Crippen molar-refractivity contribution >= 4 is 5.65 Å². The van der Waals surface area contributed by atoms with Gasteiger partial charge in [-0.1, -0.05) is 66.2 Å². The molecule has 0 aliphatic carbocycles. The summed E-state index contributed by atoms with van der Waals surface area (Å²) in [7, 11) is 0. The minimum Gasteiger partial charge on any atom is -0.301 e. The summed E-state index contributed by atoms with van der Waals surface area (Å²) in [5.74, 6) is 0. The van der Waals surface area contributed by atoms with Crippen LogP contribution in [0.2, 0.25) is 0 Å². The second-order valence-corrected chi connectivity index (χ2v) is 7.16. The monoisotopic (exact) mass is 369 g/mol. The Morgan fingerprint density at radius 2 is 1.57 bits per heavy atom. The lowest BCUT2D eigenvalue weighted by molar-refractivity contribution is 0.596. The zero-order valence-corrected chi connectivity index (χ0v) is 16.1. The van der Waals surface area contributed by atoms with Crippen molar-refractivity contribution in [3.05, 3.63) is 117 Å². The largest absolute Gasteiger partial charge is 0.301 e. The Labute approximate surface area is 164 Å². The molecule has 0 saturated heterocycles. The summed E-state index contributed by atoms with van der Waals surface area (Å²) in [5.41, 5.74) is 5.98. The first-order chi connectivity index (χ1) is 13.6. The van der Waals surface area contributed by atoms with Gasteiger partial charge in [-0.05, 0) is 36.6 Å². The number of hydrogen-bond donors (Lipinski definition) is 1. The van der Waals surface area contributed by atoms with E-state index in [1.54, 1.807) is 10.5 Å². The van der Waals surface area contributed by atoms with Gasteiger partial charge in [-0.25, -0.2) is 4.98 Å². The van der Waals surface area contributed by atoms with Gasteiger partial charge >= 0.3 is 0 Å². The molecule has 140 valence electrons. The maximum atomic E-state index is 12.5. The Bertz CT molecular complexity index is 1150. The van der Waals surface area contributed by atoms with Gasteiger partial charge in [-0.15, -0.1) is 0 Å². The molecule has 0 aliphatic heterocycles. The molecule has 0 saturated carbocycles. The molecule has 0 bridgehead atoms. The highest BCUT2D eigenvalue weighted by Crippen LogP contribution is 2.22. The highest BCUT2D eigenvalue weighted by Gasteiger charge is 2.14. The number of aryl methyl sites for hydroxylation is 2. The van der Waals surface area contributed by atoms with Crippen molar-refractivity contribution in [1.82, 2.24) is 14.7 Å². The van der Waals surface area contributed by atoms with E-state index in [-0.39, 0.29) is 11.6 Å². The number of rotatable bonds is 5. The molecule has 2 heterocycles. The quantitative estimate of drug-likeness (QED) is 0.574. The number of aromatic nitrogens is 2. The molecule has 0 unspecified atom stereocenters. The lowest BCUT2D eigenvalue weighted by Crippen LogP contribution is -2.24. The zero-order chi connectivity index (χ0) is 19.5. The van der Waals surface area contributed by atoms with Crippen LogP contribution in [0, 0.1) is 13.8 Å². The zero-order valence-electron chi connectivity index (χ0n) is 16.1. The fraction of sp³-hybridized carbons (Fsp3) is 0.167. The van der Waals surface area contributed by atoms with E-state index in [1.807, 2.05) is 43.5 Å². The normalized spacial score (nSPS) is 12.2. The lowest BCUT2D eigenvalue weighted by Gasteiger charge is -2.20. The van der Waals surface area contributed by atoms with E-state index < -0.39 is 0 Å². The summed E-state index contributed by atoms with van der Waals surface area (Å²) in [6, 6.07) is 24.4. The third-order valence-corrected chi connectivity index (χ3v) is 4.89. The summed E-state index contributed by atoms with van der Waals surface area (Å²) in [4.78, 5) is 17.1. The standard InChI is InChI=1S/C24H23N3O/c1-17-8-11-20(12-9-17)24(19-6-4-3-5-7-19)25-15-21-14-23(28)27-16-18(2)10-13-22(27)26-21/h3-14,16,24-25H,15H2,1-2H3/t24-/m1/s1. The number of pyridine rings is 1. The molecule has 0 radical (unpaired) electrons. The van der Waals surface area contributed by atoms with Crippen LogP contribution < -0.4 is 10.9 Å². The van der Waals surface area contributed by atoms with Crippen LogP contribution in [-0.2, 0) is 6.54 Å². The molecule has 1 atom stereocenters. The Kier molecular flexibility index (Phi) is 5.04. The molecule has 4 nitrogen and oxygen atoms in total. The van der Waals surface area contributed by atoms with Crippen LogP contribution in [0.15, 0.2) is 83.8 Å². The Balaban J connectivity index is 1.64. The average Bonchev–Trinajstić information content (AvgIpc) is 2.71. The van der Waals surface area contributed by atoms with Crippen molar-refractivity contribution in [2.75, 3.05) is 0 Å². The number of nitrogens with one attached hydrogen (secondary N) is 1. The minimum absolute atomic E-state index is 0.0278. The maximum Gasteiger partial charge on any atom is 0.258 e. The van der Waals surface area contributed by atoms with Crippen LogP contribution in [-0.4, -0.2) is 9.38 Å². The van der Waals surface area contributed by atoms with Gasteiger partial charge in [-0.2, -0.15) is 0 Å². The van der Waals surface area contributed by atoms with Gasteiger partial charge in [0.2, 0.25) is 0 Å². The molecule has 4 aromatic rings. The van der Waals surface area contributed by atoms with Crippen molar-refractivity contribution in [3.8, 4) is 0 Å². The van der Waals surface area contributed by atoms with Gasteiger partial charge in [0.15, 0.2) is 0 Å². The molecule has 1 N–H and O–H groups in total. The molecule has 0 aliphatic rings. The topological polar surface area (TPSA) is 46.4 Å². The molecule has 2 aromatic carbocycles. The molecule has 0 amide bonds. The first kappa shape index (κ1) is 18.1. The first-order valence-corrected chi connectivity index (χ1v) is 9.44. The summed E-state index contributed by atoms with van der Waals surface area (Å²) < 4.78 is 1.59.